The quantitative estimate of drug-likeness (QED) is 0.695. The van der Waals surface area contributed by atoms with E-state index in [2.05, 4.69) is 5.10 Å². The maximum Gasteiger partial charge on any atom is 0.341 e. The van der Waals surface area contributed by atoms with Gasteiger partial charge in [0.15, 0.2) is 0 Å². The molecule has 1 aromatic carbocycles. The van der Waals surface area contributed by atoms with Gasteiger partial charge in [-0.1, -0.05) is 12.1 Å². The van der Waals surface area contributed by atoms with Crippen molar-refractivity contribution < 1.29 is 9.53 Å². The van der Waals surface area contributed by atoms with Crippen molar-refractivity contribution in [3.8, 4) is 16.9 Å². The van der Waals surface area contributed by atoms with Crippen LogP contribution in [0, 0.1) is 6.92 Å². The number of rotatable bonds is 3. The summed E-state index contributed by atoms with van der Waals surface area (Å²) in [7, 11) is 1.32. The second-order valence-electron chi connectivity index (χ2n) is 6.02. The molecule has 6 heteroatoms. The second-order valence-corrected chi connectivity index (χ2v) is 6.02. The molecule has 124 valence electrons. The van der Waals surface area contributed by atoms with Gasteiger partial charge in [0.05, 0.1) is 18.4 Å². The summed E-state index contributed by atoms with van der Waals surface area (Å²) in [6, 6.07) is 7.60. The number of ether oxygens (including phenoxy) is 1. The molecular weight excluding hydrogens is 306 g/mol. The second kappa shape index (κ2) is 5.96. The molecule has 0 N–H and O–H groups in total. The summed E-state index contributed by atoms with van der Waals surface area (Å²) in [6.07, 6.45) is 3.40. The number of fused-ring (bicyclic) bond motifs is 1. The summed E-state index contributed by atoms with van der Waals surface area (Å²) >= 11 is 0. The summed E-state index contributed by atoms with van der Waals surface area (Å²) in [4.78, 5) is 24.9. The van der Waals surface area contributed by atoms with E-state index in [1.807, 2.05) is 49.6 Å². The Labute approximate surface area is 139 Å². The highest BCUT2D eigenvalue weighted by Gasteiger charge is 2.25. The molecule has 0 spiro atoms. The average Bonchev–Trinajstić information content (AvgIpc) is 2.90. The fourth-order valence-corrected chi connectivity index (χ4v) is 2.62. The predicted molar refractivity (Wildman–Crippen MR) is 90.9 cm³/mol. The van der Waals surface area contributed by atoms with E-state index in [4.69, 9.17) is 4.74 Å². The fourth-order valence-electron chi connectivity index (χ4n) is 2.62. The zero-order valence-electron chi connectivity index (χ0n) is 14.1. The number of carbonyl (C=O) groups is 1. The van der Waals surface area contributed by atoms with E-state index in [0.29, 0.717) is 16.9 Å². The predicted octanol–water partition coefficient (Wildman–Crippen LogP) is 2.81. The first kappa shape index (κ1) is 16.0. The zero-order valence-corrected chi connectivity index (χ0v) is 14.1. The van der Waals surface area contributed by atoms with Crippen molar-refractivity contribution in [1.82, 2.24) is 14.3 Å². The lowest BCUT2D eigenvalue weighted by Crippen LogP contribution is -2.16. The summed E-state index contributed by atoms with van der Waals surface area (Å²) in [6.45, 7) is 5.90. The van der Waals surface area contributed by atoms with Crippen LogP contribution in [0.5, 0.6) is 0 Å². The topological polar surface area (TPSA) is 66.1 Å². The number of nitrogens with zero attached hydrogens (tertiary/aromatic N) is 3. The van der Waals surface area contributed by atoms with Crippen LogP contribution in [0.15, 0.2) is 41.5 Å². The van der Waals surface area contributed by atoms with Gasteiger partial charge < -0.3 is 9.30 Å². The molecule has 24 heavy (non-hydrogen) atoms. The molecule has 2 aliphatic rings. The van der Waals surface area contributed by atoms with Crippen molar-refractivity contribution in [3.63, 3.8) is 0 Å². The number of hydrogen-bond acceptors (Lipinski definition) is 4. The van der Waals surface area contributed by atoms with Crippen LogP contribution >= 0.6 is 0 Å². The van der Waals surface area contributed by atoms with E-state index in [1.165, 1.54) is 11.8 Å². The maximum absolute atomic E-state index is 12.8. The third kappa shape index (κ3) is 2.60. The largest absolute Gasteiger partial charge is 0.465 e. The molecule has 6 nitrogen and oxygen atoms in total. The van der Waals surface area contributed by atoms with Crippen molar-refractivity contribution in [2.75, 3.05) is 7.11 Å². The Morgan fingerprint density at radius 3 is 2.62 bits per heavy atom. The normalized spacial score (nSPS) is 11.2. The lowest BCUT2D eigenvalue weighted by atomic mass is 10.1. The van der Waals surface area contributed by atoms with E-state index in [-0.39, 0.29) is 17.2 Å². The van der Waals surface area contributed by atoms with Gasteiger partial charge >= 0.3 is 5.97 Å². The van der Waals surface area contributed by atoms with Crippen molar-refractivity contribution in [2.45, 2.75) is 26.8 Å². The Morgan fingerprint density at radius 2 is 2.00 bits per heavy atom. The van der Waals surface area contributed by atoms with Gasteiger partial charge in [-0.25, -0.2) is 4.79 Å². The number of aryl methyl sites for hydroxylation is 1. The Morgan fingerprint density at radius 1 is 1.25 bits per heavy atom. The maximum atomic E-state index is 12.8. The Balaban J connectivity index is 2.32. The summed E-state index contributed by atoms with van der Waals surface area (Å²) < 4.78 is 8.00. The molecule has 2 heterocycles. The van der Waals surface area contributed by atoms with Gasteiger partial charge in [-0.2, -0.15) is 9.78 Å². The third-order valence-corrected chi connectivity index (χ3v) is 3.94. The van der Waals surface area contributed by atoms with Crippen LogP contribution in [0.3, 0.4) is 0 Å². The smallest absolute Gasteiger partial charge is 0.341 e. The zero-order chi connectivity index (χ0) is 17.4. The molecule has 0 atom stereocenters. The van der Waals surface area contributed by atoms with E-state index in [9.17, 15) is 9.59 Å². The van der Waals surface area contributed by atoms with E-state index in [0.717, 1.165) is 5.56 Å². The van der Waals surface area contributed by atoms with Crippen LogP contribution < -0.4 is 5.56 Å². The van der Waals surface area contributed by atoms with Crippen LogP contribution in [0.2, 0.25) is 0 Å². The Hall–Kier alpha value is -2.89. The molecule has 3 rings (SSSR count). The molecule has 0 aliphatic carbocycles. The van der Waals surface area contributed by atoms with Crippen molar-refractivity contribution in [3.05, 3.63) is 58.1 Å². The first-order valence-electron chi connectivity index (χ1n) is 7.72. The minimum absolute atomic E-state index is 0.0968. The van der Waals surface area contributed by atoms with E-state index >= 15 is 0 Å². The van der Waals surface area contributed by atoms with Crippen LogP contribution in [0.4, 0.5) is 0 Å². The number of aromatic nitrogens is 3. The number of esters is 1. The van der Waals surface area contributed by atoms with Crippen LogP contribution in [0.1, 0.15) is 35.8 Å². The molecule has 0 amide bonds. The van der Waals surface area contributed by atoms with Crippen LogP contribution in [-0.4, -0.2) is 27.4 Å². The highest BCUT2D eigenvalue weighted by Crippen LogP contribution is 2.24. The number of benzene rings is 1. The number of hydrogen-bond donors (Lipinski definition) is 0. The molecule has 0 fully saturated rings. The standard InChI is InChI=1S/C18H19N3O3/c1-11(2)20-9-14-16(15(10-20)18(23)24-4)19-21(17(14)22)13-7-5-6-12(3)8-13/h5-11H,1-4H3. The molecule has 1 aromatic rings. The lowest BCUT2D eigenvalue weighted by molar-refractivity contribution is 0.0600. The monoisotopic (exact) mass is 325 g/mol. The van der Waals surface area contributed by atoms with Gasteiger partial charge in [0.2, 0.25) is 0 Å². The molecule has 0 saturated carbocycles. The Bertz CT molecular complexity index is 937. The van der Waals surface area contributed by atoms with Crippen LogP contribution in [-0.2, 0) is 4.74 Å². The first-order chi connectivity index (χ1) is 11.4. The van der Waals surface area contributed by atoms with Crippen molar-refractivity contribution >= 4 is 5.97 Å². The molecule has 0 bridgehead atoms. The van der Waals surface area contributed by atoms with Gasteiger partial charge in [-0.15, -0.1) is 0 Å². The first-order valence-corrected chi connectivity index (χ1v) is 7.72. The van der Waals surface area contributed by atoms with Crippen LogP contribution in [0.25, 0.3) is 16.9 Å². The Kier molecular flexibility index (Phi) is 3.97. The minimum atomic E-state index is -0.510. The van der Waals surface area contributed by atoms with Crippen molar-refractivity contribution in [1.29, 1.82) is 0 Å². The average molecular weight is 325 g/mol. The third-order valence-electron chi connectivity index (χ3n) is 3.94. The lowest BCUT2D eigenvalue weighted by Gasteiger charge is -2.14. The molecule has 0 aromatic heterocycles. The number of carbonyl (C=O) groups excluding carboxylic acids is 1. The molecule has 0 unspecified atom stereocenters. The fraction of sp³-hybridized carbons (Fsp3) is 0.278. The van der Waals surface area contributed by atoms with Gasteiger partial charge in [0.25, 0.3) is 5.56 Å². The highest BCUT2D eigenvalue weighted by atomic mass is 16.5. The van der Waals surface area contributed by atoms with Gasteiger partial charge in [-0.05, 0) is 38.5 Å². The molecule has 0 radical (unpaired) electrons. The van der Waals surface area contributed by atoms with E-state index < -0.39 is 5.97 Å². The molecular formula is C18H19N3O3. The van der Waals surface area contributed by atoms with Crippen molar-refractivity contribution in [2.24, 2.45) is 0 Å². The van der Waals surface area contributed by atoms with Gasteiger partial charge in [-0.3, -0.25) is 4.79 Å². The van der Waals surface area contributed by atoms with Gasteiger partial charge in [0.1, 0.15) is 11.3 Å². The SMILES string of the molecule is COC(=O)c1cn(C(C)C)cc2c(=O)n(-c3cccc(C)c3)nc1-2. The summed E-state index contributed by atoms with van der Waals surface area (Å²) in [5.41, 5.74) is 2.47. The highest BCUT2D eigenvalue weighted by molar-refractivity contribution is 5.96. The molecule has 2 aliphatic heterocycles. The summed E-state index contributed by atoms with van der Waals surface area (Å²) in [5.74, 6) is -0.510. The number of pyridine rings is 1. The molecule has 0 saturated heterocycles. The minimum Gasteiger partial charge on any atom is -0.465 e. The van der Waals surface area contributed by atoms with E-state index in [1.54, 1.807) is 12.4 Å². The summed E-state index contributed by atoms with van der Waals surface area (Å²) in [5, 5.41) is 4.38. The number of methoxy groups -OCH3 is 1. The van der Waals surface area contributed by atoms with Gasteiger partial charge in [0, 0.05) is 18.4 Å².